The molecule has 2 heterocycles. The Balaban J connectivity index is 1.83. The van der Waals surface area contributed by atoms with Gasteiger partial charge in [-0.2, -0.15) is 0 Å². The monoisotopic (exact) mass is 319 g/mol. The fourth-order valence-corrected chi connectivity index (χ4v) is 2.85. The van der Waals surface area contributed by atoms with E-state index in [1.54, 1.807) is 36.0 Å². The fraction of sp³-hybridized carbons (Fsp3) is 0.500. The number of carbonyl (C=O) groups is 2. The first-order valence-corrected chi connectivity index (χ1v) is 7.71. The number of benzene rings is 1. The molecule has 1 saturated heterocycles. The molecule has 0 aromatic heterocycles. The quantitative estimate of drug-likeness (QED) is 0.888. The van der Waals surface area contributed by atoms with Gasteiger partial charge in [0, 0.05) is 19.2 Å². The van der Waals surface area contributed by atoms with Crippen molar-refractivity contribution in [2.45, 2.75) is 13.0 Å². The van der Waals surface area contributed by atoms with Crippen molar-refractivity contribution in [1.29, 1.82) is 0 Å². The predicted molar refractivity (Wildman–Crippen MR) is 85.8 cm³/mol. The lowest BCUT2D eigenvalue weighted by Crippen LogP contribution is -2.52. The van der Waals surface area contributed by atoms with Gasteiger partial charge in [0.2, 0.25) is 11.8 Å². The van der Waals surface area contributed by atoms with Crippen molar-refractivity contribution in [3.8, 4) is 5.75 Å². The maximum Gasteiger partial charge on any atom is 0.249 e. The highest BCUT2D eigenvalue weighted by Gasteiger charge is 2.32. The van der Waals surface area contributed by atoms with E-state index >= 15 is 0 Å². The van der Waals surface area contributed by atoms with E-state index in [0.717, 1.165) is 5.69 Å². The number of nitrogens with zero attached hydrogens (tertiary/aromatic N) is 2. The lowest BCUT2D eigenvalue weighted by Gasteiger charge is -2.35. The van der Waals surface area contributed by atoms with Crippen molar-refractivity contribution < 1.29 is 19.1 Å². The number of anilines is 2. The van der Waals surface area contributed by atoms with E-state index in [9.17, 15) is 9.59 Å². The molecule has 0 radical (unpaired) electrons. The molecule has 0 bridgehead atoms. The molecule has 0 spiro atoms. The summed E-state index contributed by atoms with van der Waals surface area (Å²) in [6.45, 7) is 4.08. The zero-order chi connectivity index (χ0) is 16.4. The maximum atomic E-state index is 12.5. The van der Waals surface area contributed by atoms with Crippen molar-refractivity contribution in [1.82, 2.24) is 4.90 Å². The van der Waals surface area contributed by atoms with Crippen molar-refractivity contribution in [3.63, 3.8) is 0 Å². The molecule has 3 rings (SSSR count). The number of hydrogen-bond acceptors (Lipinski definition) is 5. The van der Waals surface area contributed by atoms with Gasteiger partial charge in [-0.3, -0.25) is 14.5 Å². The smallest absolute Gasteiger partial charge is 0.249 e. The van der Waals surface area contributed by atoms with Crippen LogP contribution in [0.5, 0.6) is 5.75 Å². The van der Waals surface area contributed by atoms with Gasteiger partial charge in [0.15, 0.2) is 0 Å². The molecule has 7 nitrogen and oxygen atoms in total. The first kappa shape index (κ1) is 15.6. The van der Waals surface area contributed by atoms with Gasteiger partial charge in [-0.1, -0.05) is 0 Å². The van der Waals surface area contributed by atoms with E-state index in [2.05, 4.69) is 5.32 Å². The van der Waals surface area contributed by atoms with Gasteiger partial charge in [-0.15, -0.1) is 0 Å². The van der Waals surface area contributed by atoms with Crippen LogP contribution in [0, 0.1) is 0 Å². The SMILES string of the molecule is COc1ccc2c(c1)NC(C)C(=O)N2CC(=O)N1CCOCC1. The molecular formula is C16H21N3O4. The predicted octanol–water partition coefficient (Wildman–Crippen LogP) is 0.701. The normalized spacial score (nSPS) is 20.8. The first-order valence-electron chi connectivity index (χ1n) is 7.71. The maximum absolute atomic E-state index is 12.5. The molecule has 1 unspecified atom stereocenters. The number of ether oxygens (including phenoxy) is 2. The van der Waals surface area contributed by atoms with Crippen LogP contribution in [0.1, 0.15) is 6.92 Å². The summed E-state index contributed by atoms with van der Waals surface area (Å²) in [5.74, 6) is 0.541. The number of morpholine rings is 1. The Morgan fingerprint density at radius 2 is 2.13 bits per heavy atom. The fourth-order valence-electron chi connectivity index (χ4n) is 2.85. The van der Waals surface area contributed by atoms with E-state index in [4.69, 9.17) is 9.47 Å². The minimum atomic E-state index is -0.382. The van der Waals surface area contributed by atoms with Crippen LogP contribution in [0.2, 0.25) is 0 Å². The summed E-state index contributed by atoms with van der Waals surface area (Å²) in [4.78, 5) is 28.3. The van der Waals surface area contributed by atoms with E-state index in [-0.39, 0.29) is 24.4 Å². The summed E-state index contributed by atoms with van der Waals surface area (Å²) in [6.07, 6.45) is 0. The van der Waals surface area contributed by atoms with E-state index < -0.39 is 0 Å². The molecule has 7 heteroatoms. The number of hydrogen-bond donors (Lipinski definition) is 1. The van der Waals surface area contributed by atoms with E-state index in [1.807, 2.05) is 6.07 Å². The van der Waals surface area contributed by atoms with Crippen molar-refractivity contribution >= 4 is 23.2 Å². The lowest BCUT2D eigenvalue weighted by atomic mass is 10.1. The van der Waals surface area contributed by atoms with Gasteiger partial charge in [0.05, 0.1) is 31.7 Å². The second-order valence-corrected chi connectivity index (χ2v) is 5.67. The Kier molecular flexibility index (Phi) is 4.38. The molecule has 0 saturated carbocycles. The third kappa shape index (κ3) is 3.10. The molecule has 2 aliphatic rings. The summed E-state index contributed by atoms with van der Waals surface area (Å²) in [7, 11) is 1.60. The van der Waals surface area contributed by atoms with Crippen molar-refractivity contribution in [3.05, 3.63) is 18.2 Å². The molecular weight excluding hydrogens is 298 g/mol. The van der Waals surface area contributed by atoms with Crippen LogP contribution in [0.4, 0.5) is 11.4 Å². The largest absolute Gasteiger partial charge is 0.497 e. The van der Waals surface area contributed by atoms with Gasteiger partial charge < -0.3 is 19.7 Å². The molecule has 2 amide bonds. The number of fused-ring (bicyclic) bond motifs is 1. The average Bonchev–Trinajstić information content (AvgIpc) is 2.59. The number of nitrogens with one attached hydrogen (secondary N) is 1. The summed E-state index contributed by atoms with van der Waals surface area (Å²) in [5.41, 5.74) is 1.50. The summed E-state index contributed by atoms with van der Waals surface area (Å²) in [6, 6.07) is 5.05. The average molecular weight is 319 g/mol. The zero-order valence-electron chi connectivity index (χ0n) is 13.4. The van der Waals surface area contributed by atoms with Crippen molar-refractivity contribution in [2.75, 3.05) is 50.2 Å². The highest BCUT2D eigenvalue weighted by Crippen LogP contribution is 2.34. The highest BCUT2D eigenvalue weighted by atomic mass is 16.5. The third-order valence-corrected chi connectivity index (χ3v) is 4.16. The molecule has 1 fully saturated rings. The van der Waals surface area contributed by atoms with E-state index in [1.165, 1.54) is 0 Å². The van der Waals surface area contributed by atoms with Gasteiger partial charge in [0.25, 0.3) is 0 Å². The van der Waals surface area contributed by atoms with Crippen LogP contribution in [-0.2, 0) is 14.3 Å². The number of amides is 2. The van der Waals surface area contributed by atoms with Gasteiger partial charge >= 0.3 is 0 Å². The molecule has 1 aromatic rings. The molecule has 2 aliphatic heterocycles. The Morgan fingerprint density at radius 3 is 2.83 bits per heavy atom. The zero-order valence-corrected chi connectivity index (χ0v) is 13.4. The molecule has 1 N–H and O–H groups in total. The standard InChI is InChI=1S/C16H21N3O4/c1-11-16(21)19(10-15(20)18-5-7-23-8-6-18)14-4-3-12(22-2)9-13(14)17-11/h3-4,9,11,17H,5-8,10H2,1-2H3. The van der Waals surface area contributed by atoms with Crippen LogP contribution in [0.15, 0.2) is 18.2 Å². The van der Waals surface area contributed by atoms with Gasteiger partial charge in [0.1, 0.15) is 18.3 Å². The van der Waals surface area contributed by atoms with Crippen LogP contribution >= 0.6 is 0 Å². The summed E-state index contributed by atoms with van der Waals surface area (Å²) < 4.78 is 10.5. The minimum absolute atomic E-state index is 0.0458. The Morgan fingerprint density at radius 1 is 1.39 bits per heavy atom. The molecule has 124 valence electrons. The summed E-state index contributed by atoms with van der Waals surface area (Å²) in [5, 5.41) is 3.15. The van der Waals surface area contributed by atoms with Crippen LogP contribution in [0.25, 0.3) is 0 Å². The van der Waals surface area contributed by atoms with Crippen molar-refractivity contribution in [2.24, 2.45) is 0 Å². The Labute approximate surface area is 135 Å². The molecule has 0 aliphatic carbocycles. The first-order chi connectivity index (χ1) is 11.1. The van der Waals surface area contributed by atoms with Crippen LogP contribution in [0.3, 0.4) is 0 Å². The van der Waals surface area contributed by atoms with Crippen LogP contribution < -0.4 is 15.0 Å². The number of carbonyl (C=O) groups excluding carboxylic acids is 2. The second-order valence-electron chi connectivity index (χ2n) is 5.67. The second kappa shape index (κ2) is 6.45. The number of rotatable bonds is 3. The molecule has 23 heavy (non-hydrogen) atoms. The third-order valence-electron chi connectivity index (χ3n) is 4.16. The van der Waals surface area contributed by atoms with Crippen LogP contribution in [-0.4, -0.2) is 62.7 Å². The van der Waals surface area contributed by atoms with E-state index in [0.29, 0.717) is 37.7 Å². The van der Waals surface area contributed by atoms with Gasteiger partial charge in [-0.25, -0.2) is 0 Å². The number of methoxy groups -OCH3 is 1. The molecule has 1 atom stereocenters. The highest BCUT2D eigenvalue weighted by molar-refractivity contribution is 6.07. The minimum Gasteiger partial charge on any atom is -0.497 e. The summed E-state index contributed by atoms with van der Waals surface area (Å²) >= 11 is 0. The topological polar surface area (TPSA) is 71.1 Å². The Bertz CT molecular complexity index is 613. The molecule has 1 aromatic carbocycles. The Hall–Kier alpha value is -2.28. The lowest BCUT2D eigenvalue weighted by molar-refractivity contribution is -0.135. The van der Waals surface area contributed by atoms with Gasteiger partial charge in [-0.05, 0) is 19.1 Å².